The molecule has 0 aliphatic heterocycles. The van der Waals surface area contributed by atoms with Crippen molar-refractivity contribution in [1.82, 2.24) is 10.7 Å². The van der Waals surface area contributed by atoms with Crippen molar-refractivity contribution in [2.45, 2.75) is 26.7 Å². The van der Waals surface area contributed by atoms with Gasteiger partial charge < -0.3 is 10.1 Å². The molecular weight excluding hydrogens is 306 g/mol. The topological polar surface area (TPSA) is 79.8 Å². The van der Waals surface area contributed by atoms with Crippen molar-refractivity contribution in [1.29, 1.82) is 0 Å². The molecule has 1 aromatic carbocycles. The first-order valence-corrected chi connectivity index (χ1v) is 7.49. The van der Waals surface area contributed by atoms with Gasteiger partial charge in [0.2, 0.25) is 0 Å². The van der Waals surface area contributed by atoms with Crippen molar-refractivity contribution >= 4 is 29.6 Å². The maximum absolute atomic E-state index is 11.5. The molecular formula is C15H20ClN3O3. The third-order valence-corrected chi connectivity index (χ3v) is 2.90. The van der Waals surface area contributed by atoms with E-state index in [0.717, 1.165) is 12.8 Å². The van der Waals surface area contributed by atoms with Crippen LogP contribution in [0.25, 0.3) is 0 Å². The van der Waals surface area contributed by atoms with Crippen molar-refractivity contribution < 1.29 is 14.3 Å². The summed E-state index contributed by atoms with van der Waals surface area (Å²) >= 11 is 5.91. The summed E-state index contributed by atoms with van der Waals surface area (Å²) in [5, 5.41) is 6.77. The molecule has 6 nitrogen and oxygen atoms in total. The van der Waals surface area contributed by atoms with E-state index in [-0.39, 0.29) is 0 Å². The molecule has 2 N–H and O–H groups in total. The van der Waals surface area contributed by atoms with Gasteiger partial charge in [-0.1, -0.05) is 24.9 Å². The number of carbonyl (C=O) groups excluding carboxylic acids is 2. The molecule has 0 fully saturated rings. The SMILES string of the molecule is CCCCNC(=O)C(=O)N/N=C\c1cc(Cl)ccc1OCC. The summed E-state index contributed by atoms with van der Waals surface area (Å²) in [6.07, 6.45) is 3.14. The van der Waals surface area contributed by atoms with E-state index in [9.17, 15) is 9.59 Å². The zero-order valence-electron chi connectivity index (χ0n) is 12.7. The molecule has 120 valence electrons. The van der Waals surface area contributed by atoms with Gasteiger partial charge in [-0.3, -0.25) is 9.59 Å². The molecule has 1 aromatic rings. The van der Waals surface area contributed by atoms with Crippen LogP contribution in [0.1, 0.15) is 32.3 Å². The summed E-state index contributed by atoms with van der Waals surface area (Å²) < 4.78 is 5.42. The molecule has 2 amide bonds. The maximum atomic E-state index is 11.5. The van der Waals surface area contributed by atoms with Gasteiger partial charge in [0.15, 0.2) is 0 Å². The summed E-state index contributed by atoms with van der Waals surface area (Å²) in [6.45, 7) is 4.82. The molecule has 0 aliphatic rings. The molecule has 0 saturated heterocycles. The second-order valence-corrected chi connectivity index (χ2v) is 4.86. The standard InChI is InChI=1S/C15H20ClN3O3/c1-3-5-8-17-14(20)15(21)19-18-10-11-9-12(16)6-7-13(11)22-4-2/h6-7,9-10H,3-5,8H2,1-2H3,(H,17,20)(H,19,21)/b18-10-. The summed E-state index contributed by atoms with van der Waals surface area (Å²) in [5.74, 6) is -0.925. The number of hydrazone groups is 1. The molecule has 0 radical (unpaired) electrons. The van der Waals surface area contributed by atoms with Gasteiger partial charge in [-0.2, -0.15) is 5.10 Å². The first-order chi connectivity index (χ1) is 10.6. The van der Waals surface area contributed by atoms with Gasteiger partial charge in [0, 0.05) is 17.1 Å². The smallest absolute Gasteiger partial charge is 0.329 e. The number of halogens is 1. The molecule has 0 saturated carbocycles. The minimum Gasteiger partial charge on any atom is -0.493 e. The minimum atomic E-state index is -0.813. The Kier molecular flexibility index (Phi) is 7.99. The molecule has 22 heavy (non-hydrogen) atoms. The fourth-order valence-electron chi connectivity index (χ4n) is 1.58. The number of nitrogens with zero attached hydrogens (tertiary/aromatic N) is 1. The highest BCUT2D eigenvalue weighted by molar-refractivity contribution is 6.35. The van der Waals surface area contributed by atoms with Crippen LogP contribution in [0.2, 0.25) is 5.02 Å². The Morgan fingerprint density at radius 2 is 2.09 bits per heavy atom. The second kappa shape index (κ2) is 9.78. The molecule has 0 atom stereocenters. The van der Waals surface area contributed by atoms with E-state index in [1.54, 1.807) is 18.2 Å². The van der Waals surface area contributed by atoms with Crippen LogP contribution in [0.3, 0.4) is 0 Å². The van der Waals surface area contributed by atoms with Crippen molar-refractivity contribution in [2.24, 2.45) is 5.10 Å². The lowest BCUT2D eigenvalue weighted by Gasteiger charge is -2.07. The number of amides is 2. The van der Waals surface area contributed by atoms with Crippen LogP contribution >= 0.6 is 11.6 Å². The molecule has 0 aromatic heterocycles. The molecule has 0 spiro atoms. The number of unbranched alkanes of at least 4 members (excludes halogenated alkanes) is 1. The van der Waals surface area contributed by atoms with Gasteiger partial charge in [0.25, 0.3) is 0 Å². The lowest BCUT2D eigenvalue weighted by Crippen LogP contribution is -2.38. The Bertz CT molecular complexity index is 547. The number of hydrogen-bond acceptors (Lipinski definition) is 4. The van der Waals surface area contributed by atoms with Gasteiger partial charge in [-0.05, 0) is 31.5 Å². The van der Waals surface area contributed by atoms with Crippen LogP contribution < -0.4 is 15.5 Å². The van der Waals surface area contributed by atoms with Crippen LogP contribution in [0.15, 0.2) is 23.3 Å². The number of carbonyl (C=O) groups is 2. The normalized spacial score (nSPS) is 10.5. The number of ether oxygens (including phenoxy) is 1. The lowest BCUT2D eigenvalue weighted by atomic mass is 10.2. The third kappa shape index (κ3) is 6.13. The minimum absolute atomic E-state index is 0.468. The Hall–Kier alpha value is -2.08. The van der Waals surface area contributed by atoms with Crippen molar-refractivity contribution in [3.63, 3.8) is 0 Å². The zero-order chi connectivity index (χ0) is 16.4. The molecule has 0 unspecified atom stereocenters. The fourth-order valence-corrected chi connectivity index (χ4v) is 1.76. The third-order valence-electron chi connectivity index (χ3n) is 2.66. The summed E-state index contributed by atoms with van der Waals surface area (Å²) in [7, 11) is 0. The van der Waals surface area contributed by atoms with Crippen LogP contribution in [-0.4, -0.2) is 31.2 Å². The Morgan fingerprint density at radius 3 is 2.77 bits per heavy atom. The van der Waals surface area contributed by atoms with Crippen LogP contribution in [0, 0.1) is 0 Å². The fraction of sp³-hybridized carbons (Fsp3) is 0.400. The first kappa shape index (κ1) is 18.0. The molecule has 0 aliphatic carbocycles. The van der Waals surface area contributed by atoms with Crippen molar-refractivity contribution in [3.8, 4) is 5.75 Å². The van der Waals surface area contributed by atoms with Gasteiger partial charge in [-0.15, -0.1) is 0 Å². The van der Waals surface area contributed by atoms with Crippen LogP contribution in [0.4, 0.5) is 0 Å². The van der Waals surface area contributed by atoms with E-state index < -0.39 is 11.8 Å². The summed E-state index contributed by atoms with van der Waals surface area (Å²) in [5.41, 5.74) is 2.78. The number of rotatable bonds is 7. The Morgan fingerprint density at radius 1 is 1.32 bits per heavy atom. The van der Waals surface area contributed by atoms with E-state index >= 15 is 0 Å². The van der Waals surface area contributed by atoms with E-state index in [0.29, 0.717) is 29.5 Å². The van der Waals surface area contributed by atoms with Crippen LogP contribution in [0.5, 0.6) is 5.75 Å². The van der Waals surface area contributed by atoms with E-state index in [2.05, 4.69) is 15.8 Å². The first-order valence-electron chi connectivity index (χ1n) is 7.12. The van der Waals surface area contributed by atoms with Gasteiger partial charge >= 0.3 is 11.8 Å². The highest BCUT2D eigenvalue weighted by Crippen LogP contribution is 2.21. The van der Waals surface area contributed by atoms with E-state index in [1.807, 2.05) is 13.8 Å². The number of benzene rings is 1. The maximum Gasteiger partial charge on any atom is 0.329 e. The second-order valence-electron chi connectivity index (χ2n) is 4.42. The summed E-state index contributed by atoms with van der Waals surface area (Å²) in [4.78, 5) is 23.0. The molecule has 0 bridgehead atoms. The zero-order valence-corrected chi connectivity index (χ0v) is 13.4. The van der Waals surface area contributed by atoms with Crippen molar-refractivity contribution in [2.75, 3.05) is 13.2 Å². The lowest BCUT2D eigenvalue weighted by molar-refractivity contribution is -0.139. The quantitative estimate of drug-likeness (QED) is 0.349. The van der Waals surface area contributed by atoms with Crippen LogP contribution in [-0.2, 0) is 9.59 Å². The average Bonchev–Trinajstić information content (AvgIpc) is 2.50. The van der Waals surface area contributed by atoms with E-state index in [1.165, 1.54) is 6.21 Å². The predicted molar refractivity (Wildman–Crippen MR) is 86.3 cm³/mol. The molecule has 7 heteroatoms. The highest BCUT2D eigenvalue weighted by atomic mass is 35.5. The average molecular weight is 326 g/mol. The van der Waals surface area contributed by atoms with Gasteiger partial charge in [-0.25, -0.2) is 5.43 Å². The highest BCUT2D eigenvalue weighted by Gasteiger charge is 2.11. The molecule has 0 heterocycles. The molecule has 1 rings (SSSR count). The number of hydrogen-bond donors (Lipinski definition) is 2. The Labute approximate surface area is 134 Å². The summed E-state index contributed by atoms with van der Waals surface area (Å²) in [6, 6.07) is 5.07. The predicted octanol–water partition coefficient (Wildman–Crippen LogP) is 2.11. The van der Waals surface area contributed by atoms with Gasteiger partial charge in [0.05, 0.1) is 12.8 Å². The Balaban J connectivity index is 2.59. The van der Waals surface area contributed by atoms with Gasteiger partial charge in [0.1, 0.15) is 5.75 Å². The monoisotopic (exact) mass is 325 g/mol. The van der Waals surface area contributed by atoms with E-state index in [4.69, 9.17) is 16.3 Å². The van der Waals surface area contributed by atoms with Crippen molar-refractivity contribution in [3.05, 3.63) is 28.8 Å². The largest absolute Gasteiger partial charge is 0.493 e. The number of nitrogens with one attached hydrogen (secondary N) is 2.